The van der Waals surface area contributed by atoms with Crippen LogP contribution in [0.3, 0.4) is 0 Å². The van der Waals surface area contributed by atoms with Gasteiger partial charge in [-0.3, -0.25) is 0 Å². The zero-order valence-electron chi connectivity index (χ0n) is 10.9. The van der Waals surface area contributed by atoms with Crippen molar-refractivity contribution in [2.45, 2.75) is 19.8 Å². The number of hydrogen-bond donors (Lipinski definition) is 2. The molecule has 0 saturated carbocycles. The van der Waals surface area contributed by atoms with Gasteiger partial charge in [0.05, 0.1) is 6.61 Å². The summed E-state index contributed by atoms with van der Waals surface area (Å²) in [6, 6.07) is 0. The van der Waals surface area contributed by atoms with Gasteiger partial charge in [0, 0.05) is 13.1 Å². The summed E-state index contributed by atoms with van der Waals surface area (Å²) >= 11 is 0. The molecule has 3 N–H and O–H groups in total. The van der Waals surface area contributed by atoms with Gasteiger partial charge in [0.15, 0.2) is 5.82 Å². The van der Waals surface area contributed by atoms with Crippen LogP contribution >= 0.6 is 0 Å². The fourth-order valence-corrected chi connectivity index (χ4v) is 2.11. The molecular weight excluding hydrogens is 230 g/mol. The number of nitrogens with zero attached hydrogens (tertiary/aromatic N) is 3. The molecule has 0 atom stereocenters. The van der Waals surface area contributed by atoms with Crippen molar-refractivity contribution in [2.24, 2.45) is 0 Å². The van der Waals surface area contributed by atoms with Gasteiger partial charge >= 0.3 is 0 Å². The van der Waals surface area contributed by atoms with E-state index in [2.05, 4.69) is 20.2 Å². The third-order valence-corrected chi connectivity index (χ3v) is 3.05. The maximum Gasteiger partial charge on any atom is 0.242 e. The lowest BCUT2D eigenvalue weighted by atomic mass is 10.4. The minimum absolute atomic E-state index is 0.455. The molecule has 1 aliphatic heterocycles. The van der Waals surface area contributed by atoms with Gasteiger partial charge in [-0.15, -0.1) is 0 Å². The van der Waals surface area contributed by atoms with Gasteiger partial charge in [-0.2, -0.15) is 4.98 Å². The van der Waals surface area contributed by atoms with E-state index >= 15 is 0 Å². The van der Waals surface area contributed by atoms with Crippen LogP contribution in [-0.2, 0) is 0 Å². The van der Waals surface area contributed by atoms with Crippen molar-refractivity contribution in [3.05, 3.63) is 6.33 Å². The molecule has 0 amide bonds. The quantitative estimate of drug-likeness (QED) is 0.784. The lowest BCUT2D eigenvalue weighted by Crippen LogP contribution is -2.26. The zero-order valence-corrected chi connectivity index (χ0v) is 10.9. The van der Waals surface area contributed by atoms with Crippen molar-refractivity contribution < 1.29 is 4.74 Å². The second-order valence-electron chi connectivity index (χ2n) is 4.35. The summed E-state index contributed by atoms with van der Waals surface area (Å²) in [5.74, 6) is 1.11. The fourth-order valence-electron chi connectivity index (χ4n) is 2.11. The van der Waals surface area contributed by atoms with Gasteiger partial charge in [-0.25, -0.2) is 4.98 Å². The highest BCUT2D eigenvalue weighted by molar-refractivity contribution is 5.66. The largest absolute Gasteiger partial charge is 0.476 e. The zero-order chi connectivity index (χ0) is 12.8. The Balaban J connectivity index is 1.86. The summed E-state index contributed by atoms with van der Waals surface area (Å²) in [7, 11) is 0. The van der Waals surface area contributed by atoms with Gasteiger partial charge in [0.25, 0.3) is 0 Å². The number of nitrogens with two attached hydrogens (primary N) is 1. The summed E-state index contributed by atoms with van der Waals surface area (Å²) in [6.45, 7) is 6.72. The number of anilines is 2. The second-order valence-corrected chi connectivity index (χ2v) is 4.35. The molecule has 1 aliphatic rings. The van der Waals surface area contributed by atoms with Gasteiger partial charge < -0.3 is 20.7 Å². The first-order valence-electron chi connectivity index (χ1n) is 6.50. The molecule has 0 spiro atoms. The van der Waals surface area contributed by atoms with Crippen LogP contribution in [0, 0.1) is 0 Å². The maximum absolute atomic E-state index is 5.94. The highest BCUT2D eigenvalue weighted by Gasteiger charge is 2.12. The molecule has 2 heterocycles. The SMILES string of the molecule is CCOc1ncnc(NCCN2CCCC2)c1N. The molecule has 0 unspecified atom stereocenters. The summed E-state index contributed by atoms with van der Waals surface area (Å²) in [5, 5.41) is 3.24. The van der Waals surface area contributed by atoms with E-state index in [1.54, 1.807) is 0 Å². The Morgan fingerprint density at radius 1 is 1.39 bits per heavy atom. The van der Waals surface area contributed by atoms with Crippen LogP contribution in [0.2, 0.25) is 0 Å². The molecule has 0 radical (unpaired) electrons. The highest BCUT2D eigenvalue weighted by atomic mass is 16.5. The normalized spacial score (nSPS) is 15.8. The Labute approximate surface area is 108 Å². The van der Waals surface area contributed by atoms with Gasteiger partial charge in [0.1, 0.15) is 12.0 Å². The van der Waals surface area contributed by atoms with Crippen LogP contribution in [0.25, 0.3) is 0 Å². The molecule has 0 bridgehead atoms. The molecule has 18 heavy (non-hydrogen) atoms. The molecule has 0 aliphatic carbocycles. The number of ether oxygens (including phenoxy) is 1. The van der Waals surface area contributed by atoms with Crippen molar-refractivity contribution in [3.8, 4) is 5.88 Å². The summed E-state index contributed by atoms with van der Waals surface area (Å²) in [6.07, 6.45) is 4.09. The predicted octanol–water partition coefficient (Wildman–Crippen LogP) is 0.965. The molecule has 1 aromatic rings. The Bertz CT molecular complexity index is 379. The molecule has 100 valence electrons. The van der Waals surface area contributed by atoms with Crippen molar-refractivity contribution in [3.63, 3.8) is 0 Å². The first kappa shape index (κ1) is 12.9. The lowest BCUT2D eigenvalue weighted by molar-refractivity contribution is 0.328. The van der Waals surface area contributed by atoms with Crippen LogP contribution in [0.15, 0.2) is 6.33 Å². The minimum atomic E-state index is 0.455. The number of nitrogen functional groups attached to an aromatic ring is 1. The Morgan fingerprint density at radius 2 is 2.17 bits per heavy atom. The molecule has 1 aromatic heterocycles. The Morgan fingerprint density at radius 3 is 2.89 bits per heavy atom. The second kappa shape index (κ2) is 6.39. The Hall–Kier alpha value is -1.56. The van der Waals surface area contributed by atoms with E-state index in [0.29, 0.717) is 24.0 Å². The van der Waals surface area contributed by atoms with E-state index in [1.807, 2.05) is 6.92 Å². The first-order valence-corrected chi connectivity index (χ1v) is 6.50. The number of aromatic nitrogens is 2. The van der Waals surface area contributed by atoms with E-state index in [0.717, 1.165) is 13.1 Å². The van der Waals surface area contributed by atoms with Gasteiger partial charge in [-0.1, -0.05) is 0 Å². The molecule has 2 rings (SSSR count). The topological polar surface area (TPSA) is 76.3 Å². The van der Waals surface area contributed by atoms with Crippen LogP contribution in [-0.4, -0.2) is 47.7 Å². The van der Waals surface area contributed by atoms with E-state index in [9.17, 15) is 0 Å². The minimum Gasteiger partial charge on any atom is -0.476 e. The average molecular weight is 251 g/mol. The van der Waals surface area contributed by atoms with Crippen LogP contribution < -0.4 is 15.8 Å². The van der Waals surface area contributed by atoms with E-state index in [4.69, 9.17) is 10.5 Å². The fraction of sp³-hybridized carbons (Fsp3) is 0.667. The van der Waals surface area contributed by atoms with E-state index < -0.39 is 0 Å². The number of likely N-dealkylation sites (tertiary alicyclic amines) is 1. The van der Waals surface area contributed by atoms with Gasteiger partial charge in [0.2, 0.25) is 5.88 Å². The third kappa shape index (κ3) is 3.22. The van der Waals surface area contributed by atoms with Crippen molar-refractivity contribution >= 4 is 11.5 Å². The standard InChI is InChI=1S/C12H21N5O/c1-2-18-12-10(13)11(15-9-16-12)14-5-8-17-6-3-4-7-17/h9H,2-8,13H2,1H3,(H,14,15,16). The van der Waals surface area contributed by atoms with Crippen molar-refractivity contribution in [1.29, 1.82) is 0 Å². The van der Waals surface area contributed by atoms with Crippen LogP contribution in [0.5, 0.6) is 5.88 Å². The van der Waals surface area contributed by atoms with Crippen molar-refractivity contribution in [2.75, 3.05) is 43.8 Å². The first-order chi connectivity index (χ1) is 8.81. The molecule has 1 saturated heterocycles. The van der Waals surface area contributed by atoms with Crippen molar-refractivity contribution in [1.82, 2.24) is 14.9 Å². The number of rotatable bonds is 6. The number of hydrogen-bond acceptors (Lipinski definition) is 6. The molecule has 6 nitrogen and oxygen atoms in total. The molecule has 6 heteroatoms. The highest BCUT2D eigenvalue weighted by Crippen LogP contribution is 2.24. The summed E-state index contributed by atoms with van der Waals surface area (Å²) < 4.78 is 5.33. The lowest BCUT2D eigenvalue weighted by Gasteiger charge is -2.16. The van der Waals surface area contributed by atoms with E-state index in [-0.39, 0.29) is 0 Å². The summed E-state index contributed by atoms with van der Waals surface area (Å²) in [5.41, 5.74) is 6.42. The number of nitrogens with one attached hydrogen (secondary N) is 1. The predicted molar refractivity (Wildman–Crippen MR) is 71.8 cm³/mol. The van der Waals surface area contributed by atoms with Crippen LogP contribution in [0.1, 0.15) is 19.8 Å². The Kier molecular flexibility index (Phi) is 4.58. The molecular formula is C12H21N5O. The average Bonchev–Trinajstić information content (AvgIpc) is 2.87. The smallest absolute Gasteiger partial charge is 0.242 e. The van der Waals surface area contributed by atoms with Gasteiger partial charge in [-0.05, 0) is 32.9 Å². The van der Waals surface area contributed by atoms with Crippen LogP contribution in [0.4, 0.5) is 11.5 Å². The summed E-state index contributed by atoms with van der Waals surface area (Å²) in [4.78, 5) is 10.6. The maximum atomic E-state index is 5.94. The monoisotopic (exact) mass is 251 g/mol. The third-order valence-electron chi connectivity index (χ3n) is 3.05. The van der Waals surface area contributed by atoms with E-state index in [1.165, 1.54) is 32.3 Å². The molecule has 1 fully saturated rings. The molecule has 0 aromatic carbocycles.